The van der Waals surface area contributed by atoms with E-state index >= 15 is 0 Å². The first kappa shape index (κ1) is 9.49. The van der Waals surface area contributed by atoms with Crippen molar-refractivity contribution in [3.8, 4) is 0 Å². The fraction of sp³-hybridized carbons (Fsp3) is 0.800. The Labute approximate surface area is 83.0 Å². The van der Waals surface area contributed by atoms with Crippen molar-refractivity contribution < 1.29 is 14.6 Å². The number of hydrogen-bond acceptors (Lipinski definition) is 3. The molecule has 2 rings (SSSR count). The Morgan fingerprint density at radius 1 is 1.36 bits per heavy atom. The Morgan fingerprint density at radius 3 is 2.64 bits per heavy atom. The Balaban J connectivity index is 1.87. The van der Waals surface area contributed by atoms with Gasteiger partial charge >= 0.3 is 5.97 Å². The van der Waals surface area contributed by atoms with Crippen molar-refractivity contribution in [3.63, 3.8) is 0 Å². The summed E-state index contributed by atoms with van der Waals surface area (Å²) < 4.78 is 5.31. The van der Waals surface area contributed by atoms with Crippen molar-refractivity contribution in [2.45, 2.75) is 38.2 Å². The standard InChI is InChI=1S/C10H15NO3/c12-10(13)9-11-6-8(14-9)7-4-2-1-3-5-7/h7-8H,1-6H2,(H,12,13). The highest BCUT2D eigenvalue weighted by Crippen LogP contribution is 2.29. The second kappa shape index (κ2) is 3.98. The monoisotopic (exact) mass is 197 g/mol. The Morgan fingerprint density at radius 2 is 2.07 bits per heavy atom. The minimum atomic E-state index is -1.04. The number of aliphatic imine (C=N–C) groups is 1. The van der Waals surface area contributed by atoms with Crippen LogP contribution < -0.4 is 0 Å². The summed E-state index contributed by atoms with van der Waals surface area (Å²) in [6.07, 6.45) is 6.14. The predicted molar refractivity (Wildman–Crippen MR) is 51.4 cm³/mol. The maximum Gasteiger partial charge on any atom is 0.391 e. The third-order valence-corrected chi connectivity index (χ3v) is 3.04. The van der Waals surface area contributed by atoms with Crippen LogP contribution in [-0.4, -0.2) is 29.6 Å². The van der Waals surface area contributed by atoms with E-state index in [1.165, 1.54) is 19.3 Å². The lowest BCUT2D eigenvalue weighted by Crippen LogP contribution is -2.28. The number of aliphatic carboxylic acids is 1. The Bertz CT molecular complexity index is 256. The second-order valence-electron chi connectivity index (χ2n) is 4.01. The van der Waals surface area contributed by atoms with Gasteiger partial charge in [-0.3, -0.25) is 0 Å². The number of carboxylic acids is 1. The molecule has 78 valence electrons. The summed E-state index contributed by atoms with van der Waals surface area (Å²) in [5.74, 6) is -0.617. The molecular weight excluding hydrogens is 182 g/mol. The van der Waals surface area contributed by atoms with Gasteiger partial charge in [0.15, 0.2) is 0 Å². The maximum atomic E-state index is 10.6. The van der Waals surface area contributed by atoms with Crippen LogP contribution in [0.5, 0.6) is 0 Å². The number of ether oxygens (including phenoxy) is 1. The number of nitrogens with zero attached hydrogens (tertiary/aromatic N) is 1. The van der Waals surface area contributed by atoms with E-state index in [4.69, 9.17) is 9.84 Å². The van der Waals surface area contributed by atoms with Crippen molar-refractivity contribution >= 4 is 11.9 Å². The highest BCUT2D eigenvalue weighted by atomic mass is 16.5. The highest BCUT2D eigenvalue weighted by molar-refractivity contribution is 6.32. The molecule has 0 aromatic rings. The fourth-order valence-electron chi connectivity index (χ4n) is 2.26. The molecule has 4 nitrogen and oxygen atoms in total. The minimum Gasteiger partial charge on any atom is -0.474 e. The Kier molecular flexibility index (Phi) is 2.70. The summed E-state index contributed by atoms with van der Waals surface area (Å²) in [6.45, 7) is 0.534. The average molecular weight is 197 g/mol. The summed E-state index contributed by atoms with van der Waals surface area (Å²) in [5.41, 5.74) is 0. The maximum absolute atomic E-state index is 10.6. The van der Waals surface area contributed by atoms with E-state index in [1.54, 1.807) is 0 Å². The number of rotatable bonds is 2. The first-order valence-corrected chi connectivity index (χ1v) is 5.22. The van der Waals surface area contributed by atoms with Crippen LogP contribution in [0.4, 0.5) is 0 Å². The Hall–Kier alpha value is -1.06. The molecule has 0 aromatic heterocycles. The summed E-state index contributed by atoms with van der Waals surface area (Å²) in [4.78, 5) is 14.5. The molecule has 1 saturated carbocycles. The van der Waals surface area contributed by atoms with Crippen LogP contribution in [0.1, 0.15) is 32.1 Å². The molecule has 1 unspecified atom stereocenters. The third kappa shape index (κ3) is 1.89. The van der Waals surface area contributed by atoms with Gasteiger partial charge in [0.2, 0.25) is 0 Å². The van der Waals surface area contributed by atoms with E-state index in [0.717, 1.165) is 12.8 Å². The second-order valence-corrected chi connectivity index (χ2v) is 4.01. The fourth-order valence-corrected chi connectivity index (χ4v) is 2.26. The van der Waals surface area contributed by atoms with E-state index < -0.39 is 5.97 Å². The molecule has 0 amide bonds. The van der Waals surface area contributed by atoms with E-state index in [9.17, 15) is 4.79 Å². The quantitative estimate of drug-likeness (QED) is 0.728. The van der Waals surface area contributed by atoms with E-state index in [2.05, 4.69) is 4.99 Å². The zero-order chi connectivity index (χ0) is 9.97. The zero-order valence-corrected chi connectivity index (χ0v) is 8.11. The molecule has 1 aliphatic carbocycles. The van der Waals surface area contributed by atoms with Gasteiger partial charge in [0.05, 0.1) is 6.54 Å². The van der Waals surface area contributed by atoms with Crippen LogP contribution in [0.15, 0.2) is 4.99 Å². The number of hydrogen-bond donors (Lipinski definition) is 1. The van der Waals surface area contributed by atoms with Crippen molar-refractivity contribution in [2.24, 2.45) is 10.9 Å². The molecular formula is C10H15NO3. The minimum absolute atomic E-state index is 0.0291. The first-order valence-electron chi connectivity index (χ1n) is 5.22. The summed E-state index contributed by atoms with van der Waals surface area (Å²) >= 11 is 0. The average Bonchev–Trinajstić information content (AvgIpc) is 2.68. The predicted octanol–water partition coefficient (Wildman–Crippen LogP) is 1.45. The van der Waals surface area contributed by atoms with Crippen LogP contribution in [-0.2, 0) is 9.53 Å². The van der Waals surface area contributed by atoms with Crippen molar-refractivity contribution in [1.82, 2.24) is 0 Å². The van der Waals surface area contributed by atoms with Gasteiger partial charge in [-0.1, -0.05) is 19.3 Å². The van der Waals surface area contributed by atoms with E-state index in [-0.39, 0.29) is 12.0 Å². The van der Waals surface area contributed by atoms with Gasteiger partial charge in [-0.25, -0.2) is 9.79 Å². The molecule has 0 spiro atoms. The van der Waals surface area contributed by atoms with Gasteiger partial charge in [-0.2, -0.15) is 0 Å². The molecule has 0 bridgehead atoms. The molecule has 2 aliphatic rings. The molecule has 0 radical (unpaired) electrons. The van der Waals surface area contributed by atoms with E-state index in [1.807, 2.05) is 0 Å². The van der Waals surface area contributed by atoms with Crippen LogP contribution in [0, 0.1) is 5.92 Å². The molecule has 1 N–H and O–H groups in total. The number of carboxylic acid groups (broad SMARTS) is 1. The van der Waals surface area contributed by atoms with Crippen LogP contribution in [0.25, 0.3) is 0 Å². The van der Waals surface area contributed by atoms with Gasteiger partial charge in [-0.05, 0) is 18.8 Å². The van der Waals surface area contributed by atoms with Gasteiger partial charge < -0.3 is 9.84 Å². The largest absolute Gasteiger partial charge is 0.474 e. The molecule has 1 fully saturated rings. The normalized spacial score (nSPS) is 28.3. The molecule has 1 atom stereocenters. The van der Waals surface area contributed by atoms with Crippen LogP contribution in [0.3, 0.4) is 0 Å². The third-order valence-electron chi connectivity index (χ3n) is 3.04. The molecule has 1 heterocycles. The molecule has 0 saturated heterocycles. The van der Waals surface area contributed by atoms with Gasteiger partial charge in [-0.15, -0.1) is 0 Å². The van der Waals surface area contributed by atoms with Gasteiger partial charge in [0.1, 0.15) is 6.10 Å². The smallest absolute Gasteiger partial charge is 0.391 e. The molecule has 1 aliphatic heterocycles. The zero-order valence-electron chi connectivity index (χ0n) is 8.11. The lowest BCUT2D eigenvalue weighted by molar-refractivity contribution is -0.131. The van der Waals surface area contributed by atoms with Crippen molar-refractivity contribution in [1.29, 1.82) is 0 Å². The van der Waals surface area contributed by atoms with Crippen LogP contribution in [0.2, 0.25) is 0 Å². The number of carbonyl (C=O) groups is 1. The first-order chi connectivity index (χ1) is 6.77. The lowest BCUT2D eigenvalue weighted by atomic mass is 9.85. The van der Waals surface area contributed by atoms with Crippen molar-refractivity contribution in [3.05, 3.63) is 0 Å². The lowest BCUT2D eigenvalue weighted by Gasteiger charge is -2.26. The van der Waals surface area contributed by atoms with Crippen LogP contribution >= 0.6 is 0 Å². The highest BCUT2D eigenvalue weighted by Gasteiger charge is 2.31. The summed E-state index contributed by atoms with van der Waals surface area (Å²) in [6, 6.07) is 0. The van der Waals surface area contributed by atoms with Gasteiger partial charge in [0, 0.05) is 0 Å². The molecule has 0 aromatic carbocycles. The van der Waals surface area contributed by atoms with Gasteiger partial charge in [0.25, 0.3) is 5.90 Å². The SMILES string of the molecule is O=C(O)C1=NCC(C2CCCCC2)O1. The van der Waals surface area contributed by atoms with Crippen molar-refractivity contribution in [2.75, 3.05) is 6.54 Å². The topological polar surface area (TPSA) is 58.9 Å². The summed E-state index contributed by atoms with van der Waals surface area (Å²) in [7, 11) is 0. The van der Waals surface area contributed by atoms with E-state index in [0.29, 0.717) is 12.5 Å². The summed E-state index contributed by atoms with van der Waals surface area (Å²) in [5, 5.41) is 8.67. The molecule has 4 heteroatoms. The molecule has 14 heavy (non-hydrogen) atoms.